The van der Waals surface area contributed by atoms with E-state index in [2.05, 4.69) is 16.8 Å². The third-order valence-corrected chi connectivity index (χ3v) is 5.80. The second-order valence-electron chi connectivity index (χ2n) is 7.90. The molecule has 0 bridgehead atoms. The predicted octanol–water partition coefficient (Wildman–Crippen LogP) is 2.53. The second-order valence-corrected chi connectivity index (χ2v) is 7.90. The lowest BCUT2D eigenvalue weighted by atomic mass is 10.0. The Morgan fingerprint density at radius 3 is 2.23 bits per heavy atom. The van der Waals surface area contributed by atoms with Crippen molar-refractivity contribution in [2.24, 2.45) is 0 Å². The van der Waals surface area contributed by atoms with E-state index in [9.17, 15) is 9.59 Å². The zero-order valence-corrected chi connectivity index (χ0v) is 17.7. The van der Waals surface area contributed by atoms with Crippen LogP contribution in [0.3, 0.4) is 0 Å². The minimum absolute atomic E-state index is 0.231. The maximum Gasteiger partial charge on any atom is 0.278 e. The number of hydrogen-bond acceptors (Lipinski definition) is 5. The maximum absolute atomic E-state index is 13.5. The van der Waals surface area contributed by atoms with Crippen LogP contribution in [0, 0.1) is 6.92 Å². The highest BCUT2D eigenvalue weighted by molar-refractivity contribution is 6.35. The summed E-state index contributed by atoms with van der Waals surface area (Å²) in [5.41, 5.74) is 3.67. The molecule has 6 heteroatoms. The molecule has 0 radical (unpaired) electrons. The molecule has 0 aromatic heterocycles. The molecule has 0 aliphatic carbocycles. The molecule has 1 saturated heterocycles. The smallest absolute Gasteiger partial charge is 0.278 e. The quantitative estimate of drug-likeness (QED) is 0.716. The van der Waals surface area contributed by atoms with E-state index in [0.29, 0.717) is 35.7 Å². The number of carbonyl (C=O) groups is 2. The molecular weight excluding hydrogens is 378 g/mol. The number of piperazine rings is 1. The number of imide groups is 1. The number of ether oxygens (including phenoxy) is 1. The Morgan fingerprint density at radius 2 is 1.57 bits per heavy atom. The summed E-state index contributed by atoms with van der Waals surface area (Å²) in [6, 6.07) is 15.3. The summed E-state index contributed by atoms with van der Waals surface area (Å²) in [4.78, 5) is 32.7. The number of aryl methyl sites for hydroxylation is 1. The van der Waals surface area contributed by atoms with Gasteiger partial charge in [-0.25, -0.2) is 0 Å². The molecule has 2 aromatic carbocycles. The van der Waals surface area contributed by atoms with Crippen LogP contribution in [-0.2, 0) is 16.1 Å². The number of nitrogens with zero attached hydrogens (tertiary/aromatic N) is 3. The molecule has 0 unspecified atom stereocenters. The average Bonchev–Trinajstić information content (AvgIpc) is 3.00. The van der Waals surface area contributed by atoms with E-state index in [1.165, 1.54) is 4.90 Å². The van der Waals surface area contributed by atoms with E-state index in [1.54, 1.807) is 7.11 Å². The first-order chi connectivity index (χ1) is 14.5. The summed E-state index contributed by atoms with van der Waals surface area (Å²) in [6.07, 6.45) is 0. The summed E-state index contributed by atoms with van der Waals surface area (Å²) < 4.78 is 5.52. The van der Waals surface area contributed by atoms with Gasteiger partial charge in [-0.3, -0.25) is 14.5 Å². The zero-order valence-electron chi connectivity index (χ0n) is 17.7. The molecule has 0 N–H and O–H groups in total. The number of para-hydroxylation sites is 1. The molecule has 2 amide bonds. The van der Waals surface area contributed by atoms with Crippen LogP contribution in [0.15, 0.2) is 54.2 Å². The summed E-state index contributed by atoms with van der Waals surface area (Å²) in [6.45, 7) is 5.39. The SMILES string of the molecule is COc1ccccc1C1=C(N2CCN(C)CC2)C(=O)N(Cc2ccc(C)cc2)C1=O. The molecule has 2 aromatic rings. The van der Waals surface area contributed by atoms with Gasteiger partial charge in [0.15, 0.2) is 0 Å². The van der Waals surface area contributed by atoms with Gasteiger partial charge in [-0.1, -0.05) is 48.0 Å². The Hall–Kier alpha value is -3.12. The van der Waals surface area contributed by atoms with Gasteiger partial charge in [-0.2, -0.15) is 0 Å². The van der Waals surface area contributed by atoms with Crippen molar-refractivity contribution in [1.82, 2.24) is 14.7 Å². The Bertz CT molecular complexity index is 989. The van der Waals surface area contributed by atoms with Crippen molar-refractivity contribution in [1.29, 1.82) is 0 Å². The minimum atomic E-state index is -0.265. The van der Waals surface area contributed by atoms with Crippen LogP contribution in [0.1, 0.15) is 16.7 Å². The van der Waals surface area contributed by atoms with Gasteiger partial charge in [0, 0.05) is 31.7 Å². The molecule has 0 spiro atoms. The van der Waals surface area contributed by atoms with Crippen molar-refractivity contribution in [2.45, 2.75) is 13.5 Å². The van der Waals surface area contributed by atoms with Crippen LogP contribution < -0.4 is 4.74 Å². The number of amides is 2. The van der Waals surface area contributed by atoms with Gasteiger partial charge < -0.3 is 14.5 Å². The number of rotatable bonds is 5. The second kappa shape index (κ2) is 8.32. The summed E-state index contributed by atoms with van der Waals surface area (Å²) in [7, 11) is 3.65. The largest absolute Gasteiger partial charge is 0.496 e. The van der Waals surface area contributed by atoms with E-state index < -0.39 is 0 Å². The molecule has 156 valence electrons. The van der Waals surface area contributed by atoms with Crippen molar-refractivity contribution in [3.63, 3.8) is 0 Å². The highest BCUT2D eigenvalue weighted by Crippen LogP contribution is 2.37. The molecule has 0 saturated carbocycles. The Balaban J connectivity index is 1.75. The fourth-order valence-electron chi connectivity index (χ4n) is 4.00. The summed E-state index contributed by atoms with van der Waals surface area (Å²) >= 11 is 0. The number of carbonyl (C=O) groups excluding carboxylic acids is 2. The predicted molar refractivity (Wildman–Crippen MR) is 116 cm³/mol. The van der Waals surface area contributed by atoms with Gasteiger partial charge >= 0.3 is 0 Å². The van der Waals surface area contributed by atoms with Crippen molar-refractivity contribution in [2.75, 3.05) is 40.3 Å². The van der Waals surface area contributed by atoms with Crippen LogP contribution in [0.2, 0.25) is 0 Å². The van der Waals surface area contributed by atoms with Gasteiger partial charge in [0.1, 0.15) is 11.4 Å². The van der Waals surface area contributed by atoms with Crippen molar-refractivity contribution in [3.8, 4) is 5.75 Å². The lowest BCUT2D eigenvalue weighted by molar-refractivity contribution is -0.138. The van der Waals surface area contributed by atoms with E-state index in [1.807, 2.05) is 55.5 Å². The van der Waals surface area contributed by atoms with Crippen molar-refractivity contribution in [3.05, 3.63) is 70.9 Å². The third-order valence-electron chi connectivity index (χ3n) is 5.80. The number of methoxy groups -OCH3 is 1. The van der Waals surface area contributed by atoms with Gasteiger partial charge in [-0.15, -0.1) is 0 Å². The normalized spacial score (nSPS) is 17.8. The van der Waals surface area contributed by atoms with E-state index >= 15 is 0 Å². The Morgan fingerprint density at radius 1 is 0.900 bits per heavy atom. The molecule has 6 nitrogen and oxygen atoms in total. The van der Waals surface area contributed by atoms with E-state index in [0.717, 1.165) is 24.2 Å². The fraction of sp³-hybridized carbons (Fsp3) is 0.333. The fourth-order valence-corrected chi connectivity index (χ4v) is 4.00. The summed E-state index contributed by atoms with van der Waals surface area (Å²) in [5, 5.41) is 0. The summed E-state index contributed by atoms with van der Waals surface area (Å²) in [5.74, 6) is 0.0995. The number of likely N-dealkylation sites (N-methyl/N-ethyl adjacent to an activating group) is 1. The molecular formula is C24H27N3O3. The van der Waals surface area contributed by atoms with Crippen LogP contribution in [0.25, 0.3) is 5.57 Å². The molecule has 2 aliphatic heterocycles. The zero-order chi connectivity index (χ0) is 21.3. The average molecular weight is 405 g/mol. The van der Waals surface area contributed by atoms with Gasteiger partial charge in [0.25, 0.3) is 11.8 Å². The highest BCUT2D eigenvalue weighted by atomic mass is 16.5. The maximum atomic E-state index is 13.5. The molecule has 0 atom stereocenters. The first kappa shape index (κ1) is 20.2. The number of benzene rings is 2. The molecule has 2 aliphatic rings. The molecule has 2 heterocycles. The minimum Gasteiger partial charge on any atom is -0.496 e. The topological polar surface area (TPSA) is 53.1 Å². The monoisotopic (exact) mass is 405 g/mol. The van der Waals surface area contributed by atoms with Crippen LogP contribution >= 0.6 is 0 Å². The van der Waals surface area contributed by atoms with E-state index in [-0.39, 0.29) is 18.4 Å². The van der Waals surface area contributed by atoms with Crippen LogP contribution in [0.4, 0.5) is 0 Å². The van der Waals surface area contributed by atoms with Crippen LogP contribution in [-0.4, -0.2) is 66.9 Å². The molecule has 4 rings (SSSR count). The number of hydrogen-bond donors (Lipinski definition) is 0. The van der Waals surface area contributed by atoms with Crippen molar-refractivity contribution >= 4 is 17.4 Å². The Labute approximate surface area is 177 Å². The van der Waals surface area contributed by atoms with Crippen molar-refractivity contribution < 1.29 is 14.3 Å². The first-order valence-electron chi connectivity index (χ1n) is 10.2. The molecule has 1 fully saturated rings. The lowest BCUT2D eigenvalue weighted by Gasteiger charge is -2.34. The highest BCUT2D eigenvalue weighted by Gasteiger charge is 2.42. The van der Waals surface area contributed by atoms with Crippen LogP contribution in [0.5, 0.6) is 5.75 Å². The van der Waals surface area contributed by atoms with E-state index in [4.69, 9.17) is 4.74 Å². The lowest BCUT2D eigenvalue weighted by Crippen LogP contribution is -2.46. The Kier molecular flexibility index (Phi) is 5.59. The van der Waals surface area contributed by atoms with Gasteiger partial charge in [0.2, 0.25) is 0 Å². The third kappa shape index (κ3) is 3.71. The standard InChI is InChI=1S/C24H27N3O3/c1-17-8-10-18(11-9-17)16-27-23(28)21(19-6-4-5-7-20(19)30-3)22(24(27)29)26-14-12-25(2)13-15-26/h4-11H,12-16H2,1-3H3. The first-order valence-corrected chi connectivity index (χ1v) is 10.2. The van der Waals surface area contributed by atoms with Gasteiger partial charge in [0.05, 0.1) is 19.2 Å². The van der Waals surface area contributed by atoms with Gasteiger partial charge in [-0.05, 0) is 25.6 Å². The molecule has 30 heavy (non-hydrogen) atoms.